The van der Waals surface area contributed by atoms with Gasteiger partial charge in [0.15, 0.2) is 6.10 Å². The van der Waals surface area contributed by atoms with Crippen LogP contribution in [0.25, 0.3) is 0 Å². The van der Waals surface area contributed by atoms with E-state index in [4.69, 9.17) is 9.47 Å². The first kappa shape index (κ1) is 28.2. The van der Waals surface area contributed by atoms with Gasteiger partial charge in [0.05, 0.1) is 12.5 Å². The molecule has 10 nitrogen and oxygen atoms in total. The van der Waals surface area contributed by atoms with Crippen LogP contribution in [0, 0.1) is 11.8 Å². The van der Waals surface area contributed by atoms with Crippen molar-refractivity contribution in [2.75, 3.05) is 13.7 Å². The van der Waals surface area contributed by atoms with Crippen LogP contribution in [-0.2, 0) is 23.9 Å². The van der Waals surface area contributed by atoms with Gasteiger partial charge in [0.25, 0.3) is 5.91 Å². The minimum absolute atomic E-state index is 0.0932. The van der Waals surface area contributed by atoms with Crippen molar-refractivity contribution in [3.05, 3.63) is 12.2 Å². The molecule has 2 aliphatic rings. The third-order valence-corrected chi connectivity index (χ3v) is 6.35. The number of ether oxygens (including phenoxy) is 2. The topological polar surface area (TPSA) is 154 Å². The number of hydrogen-bond donors (Lipinski definition) is 5. The van der Waals surface area contributed by atoms with E-state index in [0.29, 0.717) is 6.42 Å². The number of amides is 2. The van der Waals surface area contributed by atoms with Crippen molar-refractivity contribution in [2.45, 2.75) is 95.4 Å². The predicted molar refractivity (Wildman–Crippen MR) is 123 cm³/mol. The zero-order valence-electron chi connectivity index (χ0n) is 20.3. The SMILES string of the molecule is CO[C@@H](C(=O)N[C@H]1CC[C@H](OC(=O)C2CCCCC2)CNC1=O)[C@H](O)[C@@H](O)[C@H](O)/C=C/C(C)C. The summed E-state index contributed by atoms with van der Waals surface area (Å²) in [4.78, 5) is 37.6. The summed E-state index contributed by atoms with van der Waals surface area (Å²) in [7, 11) is 1.18. The molecule has 0 aromatic rings. The summed E-state index contributed by atoms with van der Waals surface area (Å²) >= 11 is 0. The van der Waals surface area contributed by atoms with Gasteiger partial charge in [-0.3, -0.25) is 14.4 Å². The number of aliphatic hydroxyl groups excluding tert-OH is 3. The van der Waals surface area contributed by atoms with E-state index >= 15 is 0 Å². The van der Waals surface area contributed by atoms with E-state index in [0.717, 1.165) is 32.1 Å². The third-order valence-electron chi connectivity index (χ3n) is 6.35. The summed E-state index contributed by atoms with van der Waals surface area (Å²) in [6, 6.07) is -0.918. The molecule has 0 bridgehead atoms. The van der Waals surface area contributed by atoms with E-state index in [9.17, 15) is 29.7 Å². The Kier molecular flexibility index (Phi) is 11.4. The minimum atomic E-state index is -1.73. The Morgan fingerprint density at radius 1 is 1.03 bits per heavy atom. The molecular weight excluding hydrogens is 444 g/mol. The number of hydrogen-bond acceptors (Lipinski definition) is 8. The van der Waals surface area contributed by atoms with E-state index in [-0.39, 0.29) is 30.8 Å². The van der Waals surface area contributed by atoms with Crippen molar-refractivity contribution >= 4 is 17.8 Å². The van der Waals surface area contributed by atoms with E-state index < -0.39 is 48.4 Å². The number of aliphatic hydroxyl groups is 3. The van der Waals surface area contributed by atoms with Crippen molar-refractivity contribution < 1.29 is 39.2 Å². The van der Waals surface area contributed by atoms with Crippen LogP contribution in [0.15, 0.2) is 12.2 Å². The van der Waals surface area contributed by atoms with E-state index in [1.165, 1.54) is 13.2 Å². The van der Waals surface area contributed by atoms with Gasteiger partial charge in [0.1, 0.15) is 30.5 Å². The summed E-state index contributed by atoms with van der Waals surface area (Å²) in [5.74, 6) is -1.44. The van der Waals surface area contributed by atoms with Gasteiger partial charge in [-0.05, 0) is 31.6 Å². The Labute approximate surface area is 201 Å². The average Bonchev–Trinajstić information content (AvgIpc) is 2.99. The Morgan fingerprint density at radius 3 is 2.32 bits per heavy atom. The minimum Gasteiger partial charge on any atom is -0.460 e. The second-order valence-electron chi connectivity index (χ2n) is 9.53. The average molecular weight is 485 g/mol. The standard InChI is InChI=1S/C24H40N2O8/c1-14(2)9-12-18(27)19(28)20(29)21(33-3)23(31)26-17-11-10-16(13-25-22(17)30)34-24(32)15-7-5-4-6-8-15/h9,12,14-21,27-29H,4-8,10-11,13H2,1-3H3,(H,25,30)(H,26,31)/b12-9+/t16-,17-,18+,19-,20+,21+/m0/s1. The largest absolute Gasteiger partial charge is 0.460 e. The molecule has 34 heavy (non-hydrogen) atoms. The zero-order chi connectivity index (χ0) is 25.3. The number of esters is 1. The molecule has 0 unspecified atom stereocenters. The first-order valence-corrected chi connectivity index (χ1v) is 12.2. The smallest absolute Gasteiger partial charge is 0.309 e. The fourth-order valence-electron chi connectivity index (χ4n) is 4.25. The Morgan fingerprint density at radius 2 is 1.71 bits per heavy atom. The van der Waals surface area contributed by atoms with Crippen molar-refractivity contribution in [3.8, 4) is 0 Å². The summed E-state index contributed by atoms with van der Waals surface area (Å²) in [5, 5.41) is 35.9. The van der Waals surface area contributed by atoms with Crippen LogP contribution >= 0.6 is 0 Å². The molecule has 1 heterocycles. The maximum absolute atomic E-state index is 12.7. The lowest BCUT2D eigenvalue weighted by atomic mass is 9.89. The van der Waals surface area contributed by atoms with Crippen molar-refractivity contribution in [3.63, 3.8) is 0 Å². The van der Waals surface area contributed by atoms with Crippen LogP contribution in [0.1, 0.15) is 58.8 Å². The third kappa shape index (κ3) is 8.33. The molecule has 2 rings (SSSR count). The van der Waals surface area contributed by atoms with Gasteiger partial charge >= 0.3 is 5.97 Å². The van der Waals surface area contributed by atoms with Crippen LogP contribution in [0.2, 0.25) is 0 Å². The first-order valence-electron chi connectivity index (χ1n) is 12.2. The molecule has 1 aliphatic carbocycles. The number of carbonyl (C=O) groups excluding carboxylic acids is 3. The highest BCUT2D eigenvalue weighted by atomic mass is 16.5. The second kappa shape index (κ2) is 13.8. The first-order chi connectivity index (χ1) is 16.1. The summed E-state index contributed by atoms with van der Waals surface area (Å²) in [5.41, 5.74) is 0. The molecule has 1 saturated carbocycles. The molecule has 2 fully saturated rings. The molecule has 1 aliphatic heterocycles. The van der Waals surface area contributed by atoms with Crippen LogP contribution in [0.4, 0.5) is 0 Å². The lowest BCUT2D eigenvalue weighted by Gasteiger charge is -2.28. The molecule has 0 spiro atoms. The number of nitrogens with one attached hydrogen (secondary N) is 2. The van der Waals surface area contributed by atoms with Crippen LogP contribution in [-0.4, -0.2) is 83.3 Å². The summed E-state index contributed by atoms with van der Waals surface area (Å²) in [6.07, 6.45) is 1.65. The summed E-state index contributed by atoms with van der Waals surface area (Å²) in [6.45, 7) is 3.93. The Balaban J connectivity index is 1.91. The van der Waals surface area contributed by atoms with E-state index in [2.05, 4.69) is 10.6 Å². The molecular formula is C24H40N2O8. The van der Waals surface area contributed by atoms with Gasteiger partial charge in [-0.15, -0.1) is 0 Å². The summed E-state index contributed by atoms with van der Waals surface area (Å²) < 4.78 is 10.7. The fraction of sp³-hybridized carbons (Fsp3) is 0.792. The molecule has 0 aromatic heterocycles. The number of allylic oxidation sites excluding steroid dienone is 1. The number of rotatable bonds is 10. The molecule has 1 saturated heterocycles. The highest BCUT2D eigenvalue weighted by Gasteiger charge is 2.37. The van der Waals surface area contributed by atoms with E-state index in [1.54, 1.807) is 6.08 Å². The van der Waals surface area contributed by atoms with Crippen LogP contribution < -0.4 is 10.6 Å². The molecule has 5 N–H and O–H groups in total. The van der Waals surface area contributed by atoms with Gasteiger partial charge in [-0.25, -0.2) is 0 Å². The Hall–Kier alpha value is -2.01. The second-order valence-corrected chi connectivity index (χ2v) is 9.53. The quantitative estimate of drug-likeness (QED) is 0.217. The molecule has 0 radical (unpaired) electrons. The molecule has 2 amide bonds. The molecule has 10 heteroatoms. The monoisotopic (exact) mass is 484 g/mol. The van der Waals surface area contributed by atoms with E-state index in [1.807, 2.05) is 13.8 Å². The van der Waals surface area contributed by atoms with Gasteiger partial charge in [0, 0.05) is 7.11 Å². The molecule has 6 atom stereocenters. The fourth-order valence-corrected chi connectivity index (χ4v) is 4.25. The van der Waals surface area contributed by atoms with Crippen LogP contribution in [0.5, 0.6) is 0 Å². The number of methoxy groups -OCH3 is 1. The number of carbonyl (C=O) groups is 3. The van der Waals surface area contributed by atoms with Gasteiger partial charge in [-0.2, -0.15) is 0 Å². The Bertz CT molecular complexity index is 707. The van der Waals surface area contributed by atoms with Gasteiger partial charge in [-0.1, -0.05) is 45.3 Å². The highest BCUT2D eigenvalue weighted by molar-refractivity contribution is 5.89. The molecule has 194 valence electrons. The van der Waals surface area contributed by atoms with Crippen molar-refractivity contribution in [2.24, 2.45) is 11.8 Å². The predicted octanol–water partition coefficient (Wildman–Crippen LogP) is 0.183. The van der Waals surface area contributed by atoms with Crippen molar-refractivity contribution in [1.82, 2.24) is 10.6 Å². The van der Waals surface area contributed by atoms with Gasteiger partial charge < -0.3 is 35.4 Å². The lowest BCUT2D eigenvalue weighted by molar-refractivity contribution is -0.155. The normalized spacial score (nSPS) is 25.8. The maximum Gasteiger partial charge on any atom is 0.309 e. The zero-order valence-corrected chi connectivity index (χ0v) is 20.3. The van der Waals surface area contributed by atoms with Crippen LogP contribution in [0.3, 0.4) is 0 Å². The molecule has 0 aromatic carbocycles. The highest BCUT2D eigenvalue weighted by Crippen LogP contribution is 2.25. The van der Waals surface area contributed by atoms with Crippen molar-refractivity contribution in [1.29, 1.82) is 0 Å². The van der Waals surface area contributed by atoms with Gasteiger partial charge in [0.2, 0.25) is 5.91 Å². The maximum atomic E-state index is 12.7. The lowest BCUT2D eigenvalue weighted by Crippen LogP contribution is -2.55.